The van der Waals surface area contributed by atoms with E-state index in [-0.39, 0.29) is 17.5 Å². The van der Waals surface area contributed by atoms with Crippen LogP contribution in [0.3, 0.4) is 0 Å². The van der Waals surface area contributed by atoms with Gasteiger partial charge >= 0.3 is 0 Å². The Bertz CT molecular complexity index is 1710. The Balaban J connectivity index is 1.54. The van der Waals surface area contributed by atoms with Crippen molar-refractivity contribution in [2.45, 2.75) is 33.1 Å². The normalized spacial score (nSPS) is 11.2. The van der Waals surface area contributed by atoms with E-state index in [1.807, 2.05) is 36.4 Å². The van der Waals surface area contributed by atoms with E-state index in [2.05, 4.69) is 24.1 Å². The van der Waals surface area contributed by atoms with Crippen molar-refractivity contribution in [3.8, 4) is 28.2 Å². The summed E-state index contributed by atoms with van der Waals surface area (Å²) >= 11 is 0. The van der Waals surface area contributed by atoms with E-state index in [1.165, 1.54) is 12.1 Å². The van der Waals surface area contributed by atoms with Gasteiger partial charge in [-0.25, -0.2) is 4.39 Å². The van der Waals surface area contributed by atoms with E-state index in [0.717, 1.165) is 23.1 Å². The monoisotopic (exact) mass is 564 g/mol. The molecule has 0 atom stereocenters. The highest BCUT2D eigenvalue weighted by molar-refractivity contribution is 6.12. The number of nitrogens with one attached hydrogen (secondary N) is 1. The van der Waals surface area contributed by atoms with Crippen LogP contribution in [0.1, 0.15) is 53.0 Å². The number of carbonyl (C=O) groups is 2. The number of carbonyl (C=O) groups excluding carboxylic acids is 2. The van der Waals surface area contributed by atoms with Crippen molar-refractivity contribution in [1.82, 2.24) is 10.3 Å². The Morgan fingerprint density at radius 2 is 1.67 bits per heavy atom. The molecule has 0 bridgehead atoms. The first kappa shape index (κ1) is 28.7. The Kier molecular flexibility index (Phi) is 8.77. The van der Waals surface area contributed by atoms with Gasteiger partial charge in [0.15, 0.2) is 5.78 Å². The van der Waals surface area contributed by atoms with Crippen molar-refractivity contribution in [3.05, 3.63) is 108 Å². The highest BCUT2D eigenvalue weighted by atomic mass is 19.1. The van der Waals surface area contributed by atoms with Crippen LogP contribution >= 0.6 is 0 Å². The van der Waals surface area contributed by atoms with Gasteiger partial charge in [0.05, 0.1) is 12.2 Å². The molecule has 7 heteroatoms. The second-order valence-corrected chi connectivity index (χ2v) is 10.7. The fourth-order valence-corrected chi connectivity index (χ4v) is 4.84. The van der Waals surface area contributed by atoms with Crippen LogP contribution in [0.2, 0.25) is 0 Å². The molecule has 5 rings (SSSR count). The van der Waals surface area contributed by atoms with E-state index < -0.39 is 0 Å². The van der Waals surface area contributed by atoms with Gasteiger partial charge in [-0.05, 0) is 95.8 Å². The lowest BCUT2D eigenvalue weighted by Gasteiger charge is -2.12. The first-order valence-electron chi connectivity index (χ1n) is 14.1. The molecule has 2 aromatic heterocycles. The third kappa shape index (κ3) is 6.57. The number of nitrogens with zero attached hydrogens (tertiary/aromatic N) is 1. The largest absolute Gasteiger partial charge is 0.493 e. The standard InChI is InChI=1S/C35H33FN2O4/c1-22(2)4-10-31(39)27-18-26(19-29(20-27)41-17-14-23-12-15-38-16-13-23)25-7-11-32-30(21-25)33(35(40)37-3)34(42-32)24-5-8-28(36)9-6-24/h5-9,11-13,15-16,18-22H,4,10,14,17H2,1-3H3,(H,37,40). The molecule has 0 fully saturated rings. The summed E-state index contributed by atoms with van der Waals surface area (Å²) in [7, 11) is 1.56. The van der Waals surface area contributed by atoms with E-state index in [0.29, 0.717) is 64.5 Å². The summed E-state index contributed by atoms with van der Waals surface area (Å²) in [6.07, 6.45) is 5.44. The zero-order valence-corrected chi connectivity index (χ0v) is 23.9. The Labute approximate surface area is 244 Å². The number of amides is 1. The third-order valence-corrected chi connectivity index (χ3v) is 7.17. The minimum atomic E-state index is -0.375. The van der Waals surface area contributed by atoms with Gasteiger partial charge in [0.2, 0.25) is 0 Å². The molecule has 0 spiro atoms. The molecule has 0 aliphatic rings. The number of benzene rings is 3. The number of ether oxygens (including phenoxy) is 1. The minimum absolute atomic E-state index is 0.0542. The van der Waals surface area contributed by atoms with Crippen LogP contribution in [0.15, 0.2) is 89.6 Å². The van der Waals surface area contributed by atoms with E-state index in [4.69, 9.17) is 9.15 Å². The van der Waals surface area contributed by atoms with Crippen LogP contribution in [0, 0.1) is 11.7 Å². The number of halogens is 1. The van der Waals surface area contributed by atoms with E-state index in [9.17, 15) is 14.0 Å². The number of furan rings is 1. The maximum absolute atomic E-state index is 13.6. The zero-order chi connectivity index (χ0) is 29.6. The summed E-state index contributed by atoms with van der Waals surface area (Å²) in [5, 5.41) is 3.31. The molecule has 3 aromatic carbocycles. The topological polar surface area (TPSA) is 81.4 Å². The van der Waals surface area contributed by atoms with Crippen molar-refractivity contribution in [2.75, 3.05) is 13.7 Å². The van der Waals surface area contributed by atoms with Crippen molar-refractivity contribution in [1.29, 1.82) is 0 Å². The fraction of sp³-hybridized carbons (Fsp3) is 0.229. The molecule has 0 aliphatic heterocycles. The minimum Gasteiger partial charge on any atom is -0.493 e. The maximum Gasteiger partial charge on any atom is 0.255 e. The number of Topliss-reactive ketones (excluding diaryl/α,β-unsaturated/α-hetero) is 1. The van der Waals surface area contributed by atoms with Gasteiger partial charge in [0, 0.05) is 48.8 Å². The molecule has 0 aliphatic carbocycles. The van der Waals surface area contributed by atoms with Crippen LogP contribution in [-0.2, 0) is 6.42 Å². The Morgan fingerprint density at radius 3 is 2.38 bits per heavy atom. The van der Waals surface area contributed by atoms with E-state index >= 15 is 0 Å². The van der Waals surface area contributed by atoms with Crippen molar-refractivity contribution in [2.24, 2.45) is 5.92 Å². The summed E-state index contributed by atoms with van der Waals surface area (Å²) in [6, 6.07) is 20.9. The molecule has 2 heterocycles. The molecule has 0 radical (unpaired) electrons. The maximum atomic E-state index is 13.6. The number of ketones is 1. The fourth-order valence-electron chi connectivity index (χ4n) is 4.84. The smallest absolute Gasteiger partial charge is 0.255 e. The molecule has 1 amide bonds. The van der Waals surface area contributed by atoms with Gasteiger partial charge in [-0.3, -0.25) is 14.6 Å². The number of fused-ring (bicyclic) bond motifs is 1. The molecule has 0 unspecified atom stereocenters. The number of rotatable bonds is 11. The Morgan fingerprint density at radius 1 is 0.929 bits per heavy atom. The average molecular weight is 565 g/mol. The first-order valence-corrected chi connectivity index (χ1v) is 14.1. The van der Waals surface area contributed by atoms with Crippen molar-refractivity contribution in [3.63, 3.8) is 0 Å². The van der Waals surface area contributed by atoms with Gasteiger partial charge < -0.3 is 14.5 Å². The second-order valence-electron chi connectivity index (χ2n) is 10.7. The number of pyridine rings is 1. The number of hydrogen-bond acceptors (Lipinski definition) is 5. The summed E-state index contributed by atoms with van der Waals surface area (Å²) in [5.74, 6) is 0.733. The van der Waals surface area contributed by atoms with Gasteiger partial charge in [-0.2, -0.15) is 0 Å². The molecule has 5 aromatic rings. The second kappa shape index (κ2) is 12.8. The number of hydrogen-bond donors (Lipinski definition) is 1. The van der Waals surface area contributed by atoms with Crippen LogP contribution in [0.5, 0.6) is 5.75 Å². The molecule has 1 N–H and O–H groups in total. The van der Waals surface area contributed by atoms with Crippen molar-refractivity contribution >= 4 is 22.7 Å². The van der Waals surface area contributed by atoms with Gasteiger partial charge in [-0.15, -0.1) is 0 Å². The molecule has 42 heavy (non-hydrogen) atoms. The molecule has 6 nitrogen and oxygen atoms in total. The van der Waals surface area contributed by atoms with E-state index in [1.54, 1.807) is 43.7 Å². The molecule has 0 saturated carbocycles. The highest BCUT2D eigenvalue weighted by Gasteiger charge is 2.22. The molecule has 214 valence electrons. The van der Waals surface area contributed by atoms with Gasteiger partial charge in [0.1, 0.15) is 22.9 Å². The first-order chi connectivity index (χ1) is 20.3. The lowest BCUT2D eigenvalue weighted by Crippen LogP contribution is -2.18. The lowest BCUT2D eigenvalue weighted by molar-refractivity contribution is 0.0960. The predicted molar refractivity (Wildman–Crippen MR) is 162 cm³/mol. The van der Waals surface area contributed by atoms with Gasteiger partial charge in [-0.1, -0.05) is 19.9 Å². The quantitative estimate of drug-likeness (QED) is 0.165. The molecular weight excluding hydrogens is 531 g/mol. The van der Waals surface area contributed by atoms with Gasteiger partial charge in [0.25, 0.3) is 5.91 Å². The average Bonchev–Trinajstić information content (AvgIpc) is 3.39. The lowest BCUT2D eigenvalue weighted by atomic mass is 9.96. The summed E-state index contributed by atoms with van der Waals surface area (Å²) < 4.78 is 25.8. The Hall–Kier alpha value is -4.78. The SMILES string of the molecule is CNC(=O)c1c(-c2ccc(F)cc2)oc2ccc(-c3cc(OCCc4ccncc4)cc(C(=O)CCC(C)C)c3)cc12. The molecular formula is C35H33FN2O4. The third-order valence-electron chi connectivity index (χ3n) is 7.17. The molecule has 0 saturated heterocycles. The number of aromatic nitrogens is 1. The van der Waals surface area contributed by atoms with Crippen LogP contribution in [0.25, 0.3) is 33.4 Å². The summed E-state index contributed by atoms with van der Waals surface area (Å²) in [6.45, 7) is 4.64. The van der Waals surface area contributed by atoms with Crippen LogP contribution in [-0.4, -0.2) is 30.3 Å². The van der Waals surface area contributed by atoms with Crippen molar-refractivity contribution < 1.29 is 23.1 Å². The highest BCUT2D eigenvalue weighted by Crippen LogP contribution is 2.37. The summed E-state index contributed by atoms with van der Waals surface area (Å²) in [4.78, 5) is 30.3. The van der Waals surface area contributed by atoms with Crippen LogP contribution < -0.4 is 10.1 Å². The summed E-state index contributed by atoms with van der Waals surface area (Å²) in [5.41, 5.74) is 4.76. The van der Waals surface area contributed by atoms with Crippen LogP contribution in [0.4, 0.5) is 4.39 Å². The zero-order valence-electron chi connectivity index (χ0n) is 23.9. The predicted octanol–water partition coefficient (Wildman–Crippen LogP) is 7.90.